The summed E-state index contributed by atoms with van der Waals surface area (Å²) in [5, 5.41) is 2.64. The molecule has 1 rings (SSSR count). The lowest BCUT2D eigenvalue weighted by Crippen LogP contribution is -2.37. The number of methoxy groups -OCH3 is 1. The number of amides is 3. The molecule has 0 heterocycles. The molecule has 0 bridgehead atoms. The fourth-order valence-corrected chi connectivity index (χ4v) is 2.44. The van der Waals surface area contributed by atoms with Crippen molar-refractivity contribution in [3.05, 3.63) is 22.7 Å². The Morgan fingerprint density at radius 2 is 2.00 bits per heavy atom. The van der Waals surface area contributed by atoms with Gasteiger partial charge >= 0.3 is 0 Å². The number of rotatable bonds is 8. The predicted octanol–water partition coefficient (Wildman–Crippen LogP) is 0.667. The van der Waals surface area contributed by atoms with Crippen LogP contribution in [-0.4, -0.2) is 57.0 Å². The molecular weight excluding hydrogens is 350 g/mol. The van der Waals surface area contributed by atoms with Gasteiger partial charge in [0, 0.05) is 26.2 Å². The number of benzene rings is 1. The van der Waals surface area contributed by atoms with Crippen molar-refractivity contribution < 1.29 is 23.9 Å². The van der Waals surface area contributed by atoms with Crippen molar-refractivity contribution in [1.29, 1.82) is 0 Å². The number of carbonyl (C=O) groups excluding carboxylic acids is 3. The van der Waals surface area contributed by atoms with Gasteiger partial charge in [-0.3, -0.25) is 14.4 Å². The van der Waals surface area contributed by atoms with Gasteiger partial charge in [0.05, 0.1) is 18.1 Å². The lowest BCUT2D eigenvalue weighted by Gasteiger charge is -2.21. The summed E-state index contributed by atoms with van der Waals surface area (Å²) >= 11 is 6.13. The quantitative estimate of drug-likeness (QED) is 0.697. The van der Waals surface area contributed by atoms with E-state index in [1.807, 2.05) is 0 Å². The van der Waals surface area contributed by atoms with E-state index in [2.05, 4.69) is 5.32 Å². The first-order valence-corrected chi connectivity index (χ1v) is 7.84. The molecule has 1 unspecified atom stereocenters. The van der Waals surface area contributed by atoms with E-state index in [0.29, 0.717) is 0 Å². The molecule has 25 heavy (non-hydrogen) atoms. The summed E-state index contributed by atoms with van der Waals surface area (Å²) in [6, 6.07) is 2.86. The van der Waals surface area contributed by atoms with Crippen molar-refractivity contribution >= 4 is 29.3 Å². The SMILES string of the molecule is CNC(=O)C(C)CN(C)C(=O)c1cc(Cl)c(OCC(N)=O)c(OC)c1. The summed E-state index contributed by atoms with van der Waals surface area (Å²) in [5.41, 5.74) is 5.30. The maximum absolute atomic E-state index is 12.6. The van der Waals surface area contributed by atoms with Gasteiger partial charge in [-0.05, 0) is 12.1 Å². The second-order valence-corrected chi connectivity index (χ2v) is 5.85. The number of hydrogen-bond acceptors (Lipinski definition) is 5. The van der Waals surface area contributed by atoms with Crippen LogP contribution >= 0.6 is 11.6 Å². The summed E-state index contributed by atoms with van der Waals surface area (Å²) < 4.78 is 10.4. The summed E-state index contributed by atoms with van der Waals surface area (Å²) in [4.78, 5) is 36.4. The van der Waals surface area contributed by atoms with E-state index >= 15 is 0 Å². The van der Waals surface area contributed by atoms with E-state index < -0.39 is 5.91 Å². The highest BCUT2D eigenvalue weighted by Crippen LogP contribution is 2.36. The predicted molar refractivity (Wildman–Crippen MR) is 92.9 cm³/mol. The minimum atomic E-state index is -0.666. The molecule has 1 aromatic rings. The number of halogens is 1. The first-order valence-electron chi connectivity index (χ1n) is 7.46. The molecule has 0 aliphatic carbocycles. The number of ether oxygens (including phenoxy) is 2. The van der Waals surface area contributed by atoms with Crippen molar-refractivity contribution in [3.63, 3.8) is 0 Å². The van der Waals surface area contributed by atoms with Gasteiger partial charge in [0.25, 0.3) is 11.8 Å². The van der Waals surface area contributed by atoms with E-state index in [9.17, 15) is 14.4 Å². The van der Waals surface area contributed by atoms with Gasteiger partial charge in [0.2, 0.25) is 5.91 Å². The molecule has 0 saturated carbocycles. The Balaban J connectivity index is 3.01. The number of nitrogens with zero attached hydrogens (tertiary/aromatic N) is 1. The molecule has 0 saturated heterocycles. The average Bonchev–Trinajstić information content (AvgIpc) is 2.57. The van der Waals surface area contributed by atoms with Gasteiger partial charge in [0.15, 0.2) is 18.1 Å². The Bertz CT molecular complexity index is 665. The highest BCUT2D eigenvalue weighted by Gasteiger charge is 2.21. The molecule has 0 aliphatic heterocycles. The fourth-order valence-electron chi connectivity index (χ4n) is 2.17. The molecule has 1 atom stereocenters. The van der Waals surface area contributed by atoms with Crippen LogP contribution in [0.1, 0.15) is 17.3 Å². The van der Waals surface area contributed by atoms with Crippen LogP contribution < -0.4 is 20.5 Å². The van der Waals surface area contributed by atoms with Gasteiger partial charge in [-0.2, -0.15) is 0 Å². The van der Waals surface area contributed by atoms with Crippen LogP contribution in [-0.2, 0) is 9.59 Å². The maximum atomic E-state index is 12.6. The zero-order valence-electron chi connectivity index (χ0n) is 14.6. The first-order chi connectivity index (χ1) is 11.7. The first kappa shape index (κ1) is 20.6. The Morgan fingerprint density at radius 3 is 2.52 bits per heavy atom. The second kappa shape index (κ2) is 9.12. The molecule has 9 heteroatoms. The monoisotopic (exact) mass is 371 g/mol. The van der Waals surface area contributed by atoms with E-state index in [-0.39, 0.29) is 53.0 Å². The van der Waals surface area contributed by atoms with Crippen molar-refractivity contribution in [2.75, 3.05) is 34.4 Å². The molecule has 3 N–H and O–H groups in total. The lowest BCUT2D eigenvalue weighted by molar-refractivity contribution is -0.124. The highest BCUT2D eigenvalue weighted by molar-refractivity contribution is 6.32. The van der Waals surface area contributed by atoms with Crippen molar-refractivity contribution in [2.24, 2.45) is 11.7 Å². The highest BCUT2D eigenvalue weighted by atomic mass is 35.5. The topological polar surface area (TPSA) is 111 Å². The van der Waals surface area contributed by atoms with E-state index in [1.54, 1.807) is 14.0 Å². The smallest absolute Gasteiger partial charge is 0.255 e. The largest absolute Gasteiger partial charge is 0.493 e. The van der Waals surface area contributed by atoms with Crippen LogP contribution in [0.5, 0.6) is 11.5 Å². The van der Waals surface area contributed by atoms with E-state index in [4.69, 9.17) is 26.8 Å². The van der Waals surface area contributed by atoms with Crippen LogP contribution in [0.15, 0.2) is 12.1 Å². The van der Waals surface area contributed by atoms with Crippen LogP contribution in [0.25, 0.3) is 0 Å². The van der Waals surface area contributed by atoms with Crippen LogP contribution in [0.3, 0.4) is 0 Å². The Hall–Kier alpha value is -2.48. The molecule has 3 amide bonds. The number of nitrogens with one attached hydrogen (secondary N) is 1. The van der Waals surface area contributed by atoms with Gasteiger partial charge in [-0.1, -0.05) is 18.5 Å². The molecule has 0 radical (unpaired) electrons. The second-order valence-electron chi connectivity index (χ2n) is 5.45. The minimum absolute atomic E-state index is 0.108. The van der Waals surface area contributed by atoms with Gasteiger partial charge in [0.1, 0.15) is 0 Å². The van der Waals surface area contributed by atoms with Crippen molar-refractivity contribution in [2.45, 2.75) is 6.92 Å². The maximum Gasteiger partial charge on any atom is 0.255 e. The molecule has 0 aromatic heterocycles. The zero-order chi connectivity index (χ0) is 19.1. The Morgan fingerprint density at radius 1 is 1.36 bits per heavy atom. The zero-order valence-corrected chi connectivity index (χ0v) is 15.3. The molecular formula is C16H22ClN3O5. The Labute approximate surface area is 151 Å². The van der Waals surface area contributed by atoms with Crippen LogP contribution in [0.2, 0.25) is 5.02 Å². The van der Waals surface area contributed by atoms with Gasteiger partial charge in [-0.25, -0.2) is 0 Å². The van der Waals surface area contributed by atoms with Gasteiger partial charge in [-0.15, -0.1) is 0 Å². The average molecular weight is 372 g/mol. The number of nitrogens with two attached hydrogens (primary N) is 1. The summed E-state index contributed by atoms with van der Waals surface area (Å²) in [5.74, 6) is -1.20. The van der Waals surface area contributed by atoms with Gasteiger partial charge < -0.3 is 25.4 Å². The summed E-state index contributed by atoms with van der Waals surface area (Å²) in [6.45, 7) is 1.59. The number of primary amides is 1. The van der Waals surface area contributed by atoms with Crippen molar-refractivity contribution in [1.82, 2.24) is 10.2 Å². The lowest BCUT2D eigenvalue weighted by atomic mass is 10.1. The van der Waals surface area contributed by atoms with Crippen molar-refractivity contribution in [3.8, 4) is 11.5 Å². The van der Waals surface area contributed by atoms with Crippen LogP contribution in [0.4, 0.5) is 0 Å². The molecule has 0 aliphatic rings. The standard InChI is InChI=1S/C16H22ClN3O5/c1-9(15(22)19-2)7-20(3)16(23)10-5-11(17)14(12(6-10)24-4)25-8-13(18)21/h5-6,9H,7-8H2,1-4H3,(H2,18,21)(H,19,22). The van der Waals surface area contributed by atoms with E-state index in [0.717, 1.165) is 0 Å². The Kier molecular flexibility index (Phi) is 7.50. The summed E-state index contributed by atoms with van der Waals surface area (Å²) in [6.07, 6.45) is 0. The fraction of sp³-hybridized carbons (Fsp3) is 0.438. The number of carbonyl (C=O) groups is 3. The normalized spacial score (nSPS) is 11.4. The van der Waals surface area contributed by atoms with E-state index in [1.165, 1.54) is 31.2 Å². The third-order valence-electron chi connectivity index (χ3n) is 3.42. The molecule has 0 fully saturated rings. The molecule has 1 aromatic carbocycles. The third-order valence-corrected chi connectivity index (χ3v) is 3.70. The summed E-state index contributed by atoms with van der Waals surface area (Å²) in [7, 11) is 4.50. The molecule has 8 nitrogen and oxygen atoms in total. The minimum Gasteiger partial charge on any atom is -0.493 e. The number of hydrogen-bond donors (Lipinski definition) is 2. The molecule has 0 spiro atoms. The van der Waals surface area contributed by atoms with Crippen LogP contribution in [0, 0.1) is 5.92 Å². The third kappa shape index (κ3) is 5.53. The molecule has 138 valence electrons.